The molecule has 2 unspecified atom stereocenters. The third kappa shape index (κ3) is 1.56. The van der Waals surface area contributed by atoms with Crippen LogP contribution in [-0.2, 0) is 9.63 Å². The second-order valence-corrected chi connectivity index (χ2v) is 4.19. The number of likely N-dealkylation sites (tertiary alicyclic amines) is 1. The van der Waals surface area contributed by atoms with Crippen molar-refractivity contribution in [1.82, 2.24) is 10.4 Å². The van der Waals surface area contributed by atoms with Gasteiger partial charge in [-0.1, -0.05) is 13.8 Å². The lowest BCUT2D eigenvalue weighted by molar-refractivity contribution is -0.134. The number of carbonyl (C=O) groups is 1. The van der Waals surface area contributed by atoms with Gasteiger partial charge in [-0.15, -0.1) is 0 Å². The third-order valence-electron chi connectivity index (χ3n) is 2.78. The number of rotatable bonds is 1. The molecule has 2 heterocycles. The molecule has 2 aliphatic rings. The Bertz CT molecular complexity index is 206. The first-order chi connectivity index (χ1) is 6.18. The third-order valence-corrected chi connectivity index (χ3v) is 2.78. The molecule has 0 aromatic heterocycles. The monoisotopic (exact) mass is 184 g/mol. The molecule has 0 bridgehead atoms. The summed E-state index contributed by atoms with van der Waals surface area (Å²) in [5.74, 6) is 0.874. The highest BCUT2D eigenvalue weighted by molar-refractivity contribution is 5.78. The van der Waals surface area contributed by atoms with Gasteiger partial charge >= 0.3 is 0 Å². The van der Waals surface area contributed by atoms with Crippen molar-refractivity contribution in [1.29, 1.82) is 0 Å². The van der Waals surface area contributed by atoms with Crippen molar-refractivity contribution in [3.8, 4) is 0 Å². The van der Waals surface area contributed by atoms with Crippen LogP contribution in [0.15, 0.2) is 0 Å². The SMILES string of the molecule is CC(C)C(=O)N1CC2CONC2C1. The predicted molar refractivity (Wildman–Crippen MR) is 47.8 cm³/mol. The van der Waals surface area contributed by atoms with E-state index in [1.807, 2.05) is 18.7 Å². The molecule has 2 fully saturated rings. The second-order valence-electron chi connectivity index (χ2n) is 4.19. The maximum atomic E-state index is 11.6. The molecule has 4 nitrogen and oxygen atoms in total. The minimum Gasteiger partial charge on any atom is -0.340 e. The van der Waals surface area contributed by atoms with E-state index >= 15 is 0 Å². The number of hydrogen-bond acceptors (Lipinski definition) is 3. The van der Waals surface area contributed by atoms with Crippen molar-refractivity contribution in [2.24, 2.45) is 11.8 Å². The minimum atomic E-state index is 0.111. The topological polar surface area (TPSA) is 41.6 Å². The van der Waals surface area contributed by atoms with Crippen LogP contribution >= 0.6 is 0 Å². The minimum absolute atomic E-state index is 0.111. The fourth-order valence-electron chi connectivity index (χ4n) is 1.98. The van der Waals surface area contributed by atoms with E-state index in [1.165, 1.54) is 0 Å². The summed E-state index contributed by atoms with van der Waals surface area (Å²) >= 11 is 0. The molecule has 0 spiro atoms. The van der Waals surface area contributed by atoms with Gasteiger partial charge in [-0.2, -0.15) is 5.48 Å². The molecule has 1 amide bonds. The molecule has 13 heavy (non-hydrogen) atoms. The number of carbonyl (C=O) groups excluding carboxylic acids is 1. The maximum absolute atomic E-state index is 11.6. The zero-order valence-electron chi connectivity index (χ0n) is 8.12. The van der Waals surface area contributed by atoms with Gasteiger partial charge in [0.05, 0.1) is 12.6 Å². The predicted octanol–water partition coefficient (Wildman–Crippen LogP) is 0.00420. The zero-order valence-corrected chi connectivity index (χ0v) is 8.12. The van der Waals surface area contributed by atoms with Crippen molar-refractivity contribution in [3.63, 3.8) is 0 Å². The quantitative estimate of drug-likeness (QED) is 0.624. The Morgan fingerprint density at radius 3 is 2.92 bits per heavy atom. The Morgan fingerprint density at radius 2 is 2.31 bits per heavy atom. The van der Waals surface area contributed by atoms with Crippen molar-refractivity contribution in [3.05, 3.63) is 0 Å². The fraction of sp³-hybridized carbons (Fsp3) is 0.889. The van der Waals surface area contributed by atoms with E-state index in [-0.39, 0.29) is 11.8 Å². The van der Waals surface area contributed by atoms with Gasteiger partial charge in [0.15, 0.2) is 0 Å². The number of hydroxylamine groups is 1. The number of nitrogens with zero attached hydrogens (tertiary/aromatic N) is 1. The Balaban J connectivity index is 1.95. The number of nitrogens with one attached hydrogen (secondary N) is 1. The molecule has 0 aromatic carbocycles. The summed E-state index contributed by atoms with van der Waals surface area (Å²) < 4.78 is 0. The maximum Gasteiger partial charge on any atom is 0.225 e. The van der Waals surface area contributed by atoms with Crippen LogP contribution < -0.4 is 5.48 Å². The van der Waals surface area contributed by atoms with Gasteiger partial charge in [0.1, 0.15) is 0 Å². The molecular weight excluding hydrogens is 168 g/mol. The summed E-state index contributed by atoms with van der Waals surface area (Å²) in [5, 5.41) is 0. The van der Waals surface area contributed by atoms with Crippen LogP contribution in [0.1, 0.15) is 13.8 Å². The van der Waals surface area contributed by atoms with E-state index in [0.717, 1.165) is 19.7 Å². The summed E-state index contributed by atoms with van der Waals surface area (Å²) in [6.07, 6.45) is 0. The number of hydrogen-bond donors (Lipinski definition) is 1. The van der Waals surface area contributed by atoms with E-state index in [0.29, 0.717) is 12.0 Å². The first kappa shape index (κ1) is 8.97. The summed E-state index contributed by atoms with van der Waals surface area (Å²) in [6, 6.07) is 0.364. The molecule has 0 radical (unpaired) electrons. The number of amides is 1. The normalized spacial score (nSPS) is 32.7. The lowest BCUT2D eigenvalue weighted by Crippen LogP contribution is -2.35. The average molecular weight is 184 g/mol. The van der Waals surface area contributed by atoms with Crippen molar-refractivity contribution < 1.29 is 9.63 Å². The molecule has 1 N–H and O–H groups in total. The molecule has 4 heteroatoms. The van der Waals surface area contributed by atoms with Gasteiger partial charge in [-0.3, -0.25) is 4.79 Å². The van der Waals surface area contributed by atoms with Crippen LogP contribution in [0, 0.1) is 11.8 Å². The summed E-state index contributed by atoms with van der Waals surface area (Å²) in [6.45, 7) is 6.30. The Kier molecular flexibility index (Phi) is 2.26. The first-order valence-electron chi connectivity index (χ1n) is 4.84. The van der Waals surface area contributed by atoms with Gasteiger partial charge in [0, 0.05) is 24.9 Å². The van der Waals surface area contributed by atoms with Crippen LogP contribution in [0.25, 0.3) is 0 Å². The van der Waals surface area contributed by atoms with Crippen LogP contribution in [-0.4, -0.2) is 36.5 Å². The molecule has 74 valence electrons. The summed E-state index contributed by atoms with van der Waals surface area (Å²) in [4.78, 5) is 18.7. The Morgan fingerprint density at radius 1 is 1.54 bits per heavy atom. The van der Waals surface area contributed by atoms with Crippen LogP contribution in [0.5, 0.6) is 0 Å². The highest BCUT2D eigenvalue weighted by Gasteiger charge is 2.39. The second kappa shape index (κ2) is 3.27. The van der Waals surface area contributed by atoms with E-state index in [4.69, 9.17) is 4.84 Å². The lowest BCUT2D eigenvalue weighted by atomic mass is 10.1. The van der Waals surface area contributed by atoms with Crippen LogP contribution in [0.3, 0.4) is 0 Å². The van der Waals surface area contributed by atoms with Crippen LogP contribution in [0.4, 0.5) is 0 Å². The first-order valence-corrected chi connectivity index (χ1v) is 4.84. The molecule has 2 saturated heterocycles. The van der Waals surface area contributed by atoms with E-state index in [9.17, 15) is 4.79 Å². The number of fused-ring (bicyclic) bond motifs is 1. The van der Waals surface area contributed by atoms with Gasteiger partial charge in [-0.05, 0) is 0 Å². The molecule has 2 rings (SSSR count). The van der Waals surface area contributed by atoms with Gasteiger partial charge in [0.2, 0.25) is 5.91 Å². The standard InChI is InChI=1S/C9H16N2O2/c1-6(2)9(12)11-3-7-5-13-10-8(7)4-11/h6-8,10H,3-5H2,1-2H3. The molecule has 0 aliphatic carbocycles. The molecule has 2 aliphatic heterocycles. The smallest absolute Gasteiger partial charge is 0.225 e. The van der Waals surface area contributed by atoms with Crippen molar-refractivity contribution in [2.45, 2.75) is 19.9 Å². The molecule has 0 aromatic rings. The van der Waals surface area contributed by atoms with E-state index < -0.39 is 0 Å². The lowest BCUT2D eigenvalue weighted by Gasteiger charge is -2.19. The molecule has 2 atom stereocenters. The summed E-state index contributed by atoms with van der Waals surface area (Å²) in [7, 11) is 0. The van der Waals surface area contributed by atoms with Gasteiger partial charge in [0.25, 0.3) is 0 Å². The largest absolute Gasteiger partial charge is 0.340 e. The highest BCUT2D eigenvalue weighted by Crippen LogP contribution is 2.22. The van der Waals surface area contributed by atoms with Gasteiger partial charge in [-0.25, -0.2) is 0 Å². The molecule has 0 saturated carbocycles. The Labute approximate surface area is 78.2 Å². The highest BCUT2D eigenvalue weighted by atomic mass is 16.7. The van der Waals surface area contributed by atoms with Crippen LogP contribution in [0.2, 0.25) is 0 Å². The van der Waals surface area contributed by atoms with E-state index in [2.05, 4.69) is 5.48 Å². The average Bonchev–Trinajstić information content (AvgIpc) is 2.59. The van der Waals surface area contributed by atoms with Gasteiger partial charge < -0.3 is 9.74 Å². The van der Waals surface area contributed by atoms with Crippen molar-refractivity contribution in [2.75, 3.05) is 19.7 Å². The zero-order chi connectivity index (χ0) is 9.42. The summed E-state index contributed by atoms with van der Waals surface area (Å²) in [5.41, 5.74) is 2.95. The van der Waals surface area contributed by atoms with E-state index in [1.54, 1.807) is 0 Å². The Hall–Kier alpha value is -0.610. The molecular formula is C9H16N2O2. The fourth-order valence-corrected chi connectivity index (χ4v) is 1.98. The van der Waals surface area contributed by atoms with Crippen molar-refractivity contribution >= 4 is 5.91 Å².